The van der Waals surface area contributed by atoms with Crippen molar-refractivity contribution in [2.75, 3.05) is 20.1 Å². The smallest absolute Gasteiger partial charge is 0.0701 e. The number of nitrogens with one attached hydrogen (secondary N) is 1. The summed E-state index contributed by atoms with van der Waals surface area (Å²) < 4.78 is 1.20. The normalized spacial score (nSPS) is 15.5. The standard InChI is InChI=1S/C13H19BrN2S/c1-10(6-15-12-3-4-12)7-16(2)8-11-5-13(14)17-9-11/h5,9,12,15H,1,3-4,6-8H2,2H3. The summed E-state index contributed by atoms with van der Waals surface area (Å²) in [6.07, 6.45) is 2.68. The van der Waals surface area contributed by atoms with Gasteiger partial charge in [-0.15, -0.1) is 11.3 Å². The highest BCUT2D eigenvalue weighted by molar-refractivity contribution is 9.11. The molecule has 1 aliphatic rings. The van der Waals surface area contributed by atoms with Gasteiger partial charge in [0, 0.05) is 25.7 Å². The fraction of sp³-hybridized carbons (Fsp3) is 0.538. The largest absolute Gasteiger partial charge is 0.310 e. The summed E-state index contributed by atoms with van der Waals surface area (Å²) in [7, 11) is 2.15. The highest BCUT2D eigenvalue weighted by Crippen LogP contribution is 2.21. The minimum atomic E-state index is 0.768. The van der Waals surface area contributed by atoms with Gasteiger partial charge in [-0.1, -0.05) is 6.58 Å². The lowest BCUT2D eigenvalue weighted by Crippen LogP contribution is -2.26. The summed E-state index contributed by atoms with van der Waals surface area (Å²) in [5.41, 5.74) is 2.64. The molecule has 1 heterocycles. The fourth-order valence-electron chi connectivity index (χ4n) is 1.81. The molecule has 0 unspecified atom stereocenters. The van der Waals surface area contributed by atoms with E-state index in [2.05, 4.69) is 51.2 Å². The Hall–Kier alpha value is -0.160. The highest BCUT2D eigenvalue weighted by Gasteiger charge is 2.20. The molecule has 1 aliphatic carbocycles. The van der Waals surface area contributed by atoms with E-state index < -0.39 is 0 Å². The van der Waals surface area contributed by atoms with E-state index >= 15 is 0 Å². The zero-order valence-corrected chi connectivity index (χ0v) is 12.6. The average molecular weight is 315 g/mol. The van der Waals surface area contributed by atoms with Gasteiger partial charge in [0.2, 0.25) is 0 Å². The molecule has 94 valence electrons. The summed E-state index contributed by atoms with van der Waals surface area (Å²) in [4.78, 5) is 2.31. The van der Waals surface area contributed by atoms with E-state index in [4.69, 9.17) is 0 Å². The molecule has 1 aromatic rings. The number of hydrogen-bond acceptors (Lipinski definition) is 3. The first-order chi connectivity index (χ1) is 8.13. The number of halogens is 1. The van der Waals surface area contributed by atoms with Crippen LogP contribution in [0.15, 0.2) is 27.4 Å². The molecule has 1 N–H and O–H groups in total. The molecule has 1 fully saturated rings. The van der Waals surface area contributed by atoms with Crippen molar-refractivity contribution in [3.8, 4) is 0 Å². The maximum absolute atomic E-state index is 4.13. The van der Waals surface area contributed by atoms with Gasteiger partial charge in [0.15, 0.2) is 0 Å². The second-order valence-electron chi connectivity index (χ2n) is 4.84. The average Bonchev–Trinajstić information content (AvgIpc) is 3.00. The Labute approximate surface area is 116 Å². The number of nitrogens with zero attached hydrogens (tertiary/aromatic N) is 1. The van der Waals surface area contributed by atoms with Gasteiger partial charge >= 0.3 is 0 Å². The SMILES string of the molecule is C=C(CNC1CC1)CN(C)Cc1csc(Br)c1. The Morgan fingerprint density at radius 1 is 1.65 bits per heavy atom. The Kier molecular flexibility index (Phi) is 4.79. The number of likely N-dealkylation sites (N-methyl/N-ethyl adjacent to an activating group) is 1. The fourth-order valence-corrected chi connectivity index (χ4v) is 3.01. The Balaban J connectivity index is 1.68. The van der Waals surface area contributed by atoms with Crippen LogP contribution in [0.1, 0.15) is 18.4 Å². The van der Waals surface area contributed by atoms with Gasteiger partial charge in [0.1, 0.15) is 0 Å². The van der Waals surface area contributed by atoms with E-state index in [1.54, 1.807) is 11.3 Å². The highest BCUT2D eigenvalue weighted by atomic mass is 79.9. The Morgan fingerprint density at radius 3 is 3.00 bits per heavy atom. The van der Waals surface area contributed by atoms with E-state index in [-0.39, 0.29) is 0 Å². The third-order valence-corrected chi connectivity index (χ3v) is 4.34. The van der Waals surface area contributed by atoms with Crippen LogP contribution in [-0.2, 0) is 6.54 Å². The molecule has 0 amide bonds. The van der Waals surface area contributed by atoms with Crippen LogP contribution in [0.25, 0.3) is 0 Å². The zero-order valence-electron chi connectivity index (χ0n) is 10.2. The van der Waals surface area contributed by atoms with Crippen molar-refractivity contribution in [1.82, 2.24) is 10.2 Å². The lowest BCUT2D eigenvalue weighted by atomic mass is 10.2. The van der Waals surface area contributed by atoms with Crippen molar-refractivity contribution in [2.45, 2.75) is 25.4 Å². The molecule has 0 saturated heterocycles. The van der Waals surface area contributed by atoms with Crippen molar-refractivity contribution in [1.29, 1.82) is 0 Å². The summed E-state index contributed by atoms with van der Waals surface area (Å²) in [5.74, 6) is 0. The molecule has 0 aromatic carbocycles. The molecule has 17 heavy (non-hydrogen) atoms. The summed E-state index contributed by atoms with van der Waals surface area (Å²) in [6, 6.07) is 2.96. The molecular weight excluding hydrogens is 296 g/mol. The molecule has 2 nitrogen and oxygen atoms in total. The van der Waals surface area contributed by atoms with Crippen LogP contribution in [0, 0.1) is 0 Å². The second-order valence-corrected chi connectivity index (χ2v) is 7.13. The number of rotatable bonds is 7. The molecule has 1 saturated carbocycles. The molecule has 0 bridgehead atoms. The molecule has 0 radical (unpaired) electrons. The first kappa shape index (κ1) is 13.3. The summed E-state index contributed by atoms with van der Waals surface area (Å²) >= 11 is 5.24. The van der Waals surface area contributed by atoms with E-state index in [1.165, 1.54) is 27.8 Å². The van der Waals surface area contributed by atoms with Gasteiger partial charge in [-0.05, 0) is 58.4 Å². The minimum Gasteiger partial charge on any atom is -0.310 e. The van der Waals surface area contributed by atoms with E-state index in [1.807, 2.05) is 0 Å². The molecular formula is C13H19BrN2S. The van der Waals surface area contributed by atoms with Gasteiger partial charge in [0.05, 0.1) is 3.79 Å². The molecule has 0 spiro atoms. The molecule has 0 atom stereocenters. The van der Waals surface area contributed by atoms with Gasteiger partial charge < -0.3 is 5.32 Å². The van der Waals surface area contributed by atoms with Crippen LogP contribution >= 0.6 is 27.3 Å². The van der Waals surface area contributed by atoms with Crippen molar-refractivity contribution < 1.29 is 0 Å². The van der Waals surface area contributed by atoms with Crippen LogP contribution in [0.3, 0.4) is 0 Å². The first-order valence-corrected chi connectivity index (χ1v) is 7.62. The van der Waals surface area contributed by atoms with Crippen molar-refractivity contribution >= 4 is 27.3 Å². The quantitative estimate of drug-likeness (QED) is 0.777. The van der Waals surface area contributed by atoms with Crippen molar-refractivity contribution in [3.05, 3.63) is 32.9 Å². The van der Waals surface area contributed by atoms with Crippen molar-refractivity contribution in [3.63, 3.8) is 0 Å². The van der Waals surface area contributed by atoms with Gasteiger partial charge in [-0.2, -0.15) is 0 Å². The monoisotopic (exact) mass is 314 g/mol. The van der Waals surface area contributed by atoms with Crippen LogP contribution in [0.4, 0.5) is 0 Å². The summed E-state index contributed by atoms with van der Waals surface area (Å²) in [6.45, 7) is 7.05. The predicted molar refractivity (Wildman–Crippen MR) is 78.5 cm³/mol. The molecule has 2 rings (SSSR count). The second kappa shape index (κ2) is 6.14. The molecule has 1 aromatic heterocycles. The molecule has 0 aliphatic heterocycles. The maximum Gasteiger partial charge on any atom is 0.0701 e. The number of thiophene rings is 1. The topological polar surface area (TPSA) is 15.3 Å². The van der Waals surface area contributed by atoms with Crippen LogP contribution in [0.5, 0.6) is 0 Å². The van der Waals surface area contributed by atoms with Crippen LogP contribution in [-0.4, -0.2) is 31.1 Å². The third-order valence-electron chi connectivity index (χ3n) is 2.79. The molecule has 4 heteroatoms. The van der Waals surface area contributed by atoms with E-state index in [9.17, 15) is 0 Å². The first-order valence-electron chi connectivity index (χ1n) is 5.95. The summed E-state index contributed by atoms with van der Waals surface area (Å²) in [5, 5.41) is 5.70. The third kappa shape index (κ3) is 4.92. The Morgan fingerprint density at radius 2 is 2.41 bits per heavy atom. The van der Waals surface area contributed by atoms with Crippen molar-refractivity contribution in [2.24, 2.45) is 0 Å². The van der Waals surface area contributed by atoms with Gasteiger partial charge in [-0.25, -0.2) is 0 Å². The predicted octanol–water partition coefficient (Wildman–Crippen LogP) is 3.25. The maximum atomic E-state index is 4.13. The van der Waals surface area contributed by atoms with Crippen LogP contribution in [0.2, 0.25) is 0 Å². The lowest BCUT2D eigenvalue weighted by molar-refractivity contribution is 0.352. The van der Waals surface area contributed by atoms with E-state index in [0.717, 1.165) is 25.7 Å². The zero-order chi connectivity index (χ0) is 12.3. The number of hydrogen-bond donors (Lipinski definition) is 1. The lowest BCUT2D eigenvalue weighted by Gasteiger charge is -2.17. The van der Waals surface area contributed by atoms with Crippen LogP contribution < -0.4 is 5.32 Å². The minimum absolute atomic E-state index is 0.768. The van der Waals surface area contributed by atoms with E-state index in [0.29, 0.717) is 0 Å². The Bertz CT molecular complexity index is 385. The van der Waals surface area contributed by atoms with Gasteiger partial charge in [0.25, 0.3) is 0 Å². The van der Waals surface area contributed by atoms with Gasteiger partial charge in [-0.3, -0.25) is 4.90 Å².